The normalized spacial score (nSPS) is 14.8. The van der Waals surface area contributed by atoms with Crippen molar-refractivity contribution in [2.45, 2.75) is 0 Å². The molecule has 1 fully saturated rings. The SMILES string of the molecule is CN1CCN(CC(=O)Nc2nc(-c3cc(Cl)c4ncccc4c3)c(-c3ccccc3)nc2N)CC1. The van der Waals surface area contributed by atoms with Crippen molar-refractivity contribution in [2.75, 3.05) is 50.8 Å². The van der Waals surface area contributed by atoms with Crippen LogP contribution in [-0.2, 0) is 4.79 Å². The molecular formula is C26H26ClN7O. The fourth-order valence-electron chi connectivity index (χ4n) is 4.20. The number of pyridine rings is 1. The summed E-state index contributed by atoms with van der Waals surface area (Å²) in [5.41, 5.74) is 9.80. The molecular weight excluding hydrogens is 462 g/mol. The van der Waals surface area contributed by atoms with Gasteiger partial charge in [0.2, 0.25) is 5.91 Å². The molecule has 1 saturated heterocycles. The molecule has 1 amide bonds. The van der Waals surface area contributed by atoms with Gasteiger partial charge in [-0.3, -0.25) is 14.7 Å². The number of piperazine rings is 1. The maximum Gasteiger partial charge on any atom is 0.239 e. The molecule has 2 aromatic heterocycles. The summed E-state index contributed by atoms with van der Waals surface area (Å²) in [5, 5.41) is 4.26. The second-order valence-electron chi connectivity index (χ2n) is 8.68. The van der Waals surface area contributed by atoms with Gasteiger partial charge in [0.05, 0.1) is 28.5 Å². The summed E-state index contributed by atoms with van der Waals surface area (Å²) in [6, 6.07) is 17.3. The molecule has 0 bridgehead atoms. The maximum absolute atomic E-state index is 12.8. The van der Waals surface area contributed by atoms with Crippen LogP contribution in [0.3, 0.4) is 0 Å². The number of rotatable bonds is 5. The van der Waals surface area contributed by atoms with Crippen molar-refractivity contribution in [1.82, 2.24) is 24.8 Å². The van der Waals surface area contributed by atoms with Crippen molar-refractivity contribution < 1.29 is 4.79 Å². The van der Waals surface area contributed by atoms with E-state index in [4.69, 9.17) is 22.3 Å². The third-order valence-corrected chi connectivity index (χ3v) is 6.41. The van der Waals surface area contributed by atoms with Crippen molar-refractivity contribution in [1.29, 1.82) is 0 Å². The lowest BCUT2D eigenvalue weighted by molar-refractivity contribution is -0.117. The first kappa shape index (κ1) is 23.2. The number of halogens is 1. The summed E-state index contributed by atoms with van der Waals surface area (Å²) >= 11 is 6.57. The highest BCUT2D eigenvalue weighted by atomic mass is 35.5. The number of carbonyl (C=O) groups excluding carboxylic acids is 1. The maximum atomic E-state index is 12.8. The predicted octanol–water partition coefficient (Wildman–Crippen LogP) is 3.78. The van der Waals surface area contributed by atoms with E-state index in [1.54, 1.807) is 6.20 Å². The molecule has 3 heterocycles. The number of amides is 1. The van der Waals surface area contributed by atoms with Gasteiger partial charge in [0, 0.05) is 48.9 Å². The van der Waals surface area contributed by atoms with Crippen LogP contribution in [0.25, 0.3) is 33.4 Å². The monoisotopic (exact) mass is 487 g/mol. The van der Waals surface area contributed by atoms with Gasteiger partial charge in [-0.25, -0.2) is 9.97 Å². The minimum absolute atomic E-state index is 0.160. The quantitative estimate of drug-likeness (QED) is 0.441. The molecule has 0 radical (unpaired) electrons. The van der Waals surface area contributed by atoms with Gasteiger partial charge in [0.1, 0.15) is 0 Å². The van der Waals surface area contributed by atoms with Gasteiger partial charge in [-0.2, -0.15) is 0 Å². The minimum Gasteiger partial charge on any atom is -0.381 e. The Morgan fingerprint density at radius 1 is 1.00 bits per heavy atom. The van der Waals surface area contributed by atoms with Crippen molar-refractivity contribution in [2.24, 2.45) is 0 Å². The van der Waals surface area contributed by atoms with Crippen molar-refractivity contribution in [3.8, 4) is 22.5 Å². The summed E-state index contributed by atoms with van der Waals surface area (Å²) < 4.78 is 0. The third-order valence-electron chi connectivity index (χ3n) is 6.12. The zero-order chi connectivity index (χ0) is 24.4. The molecule has 1 aliphatic rings. The molecule has 8 nitrogen and oxygen atoms in total. The average molecular weight is 488 g/mol. The smallest absolute Gasteiger partial charge is 0.239 e. The Hall–Kier alpha value is -3.59. The number of hydrogen-bond donors (Lipinski definition) is 2. The summed E-state index contributed by atoms with van der Waals surface area (Å²) in [5.74, 6) is 0.226. The summed E-state index contributed by atoms with van der Waals surface area (Å²) in [7, 11) is 2.08. The highest BCUT2D eigenvalue weighted by Crippen LogP contribution is 2.35. The molecule has 9 heteroatoms. The fraction of sp³-hybridized carbons (Fsp3) is 0.231. The van der Waals surface area contributed by atoms with Crippen LogP contribution >= 0.6 is 11.6 Å². The van der Waals surface area contributed by atoms with Crippen LogP contribution in [-0.4, -0.2) is 70.4 Å². The minimum atomic E-state index is -0.172. The fourth-order valence-corrected chi connectivity index (χ4v) is 4.48. The van der Waals surface area contributed by atoms with E-state index >= 15 is 0 Å². The molecule has 0 saturated carbocycles. The number of carbonyl (C=O) groups is 1. The van der Waals surface area contributed by atoms with E-state index in [1.165, 1.54) is 0 Å². The number of nitrogens with zero attached hydrogens (tertiary/aromatic N) is 5. The first-order chi connectivity index (χ1) is 17.0. The highest BCUT2D eigenvalue weighted by molar-refractivity contribution is 6.35. The van der Waals surface area contributed by atoms with Crippen LogP contribution in [0.4, 0.5) is 11.6 Å². The van der Waals surface area contributed by atoms with E-state index in [2.05, 4.69) is 32.1 Å². The Morgan fingerprint density at radius 2 is 1.74 bits per heavy atom. The van der Waals surface area contributed by atoms with E-state index < -0.39 is 0 Å². The summed E-state index contributed by atoms with van der Waals surface area (Å²) in [6.45, 7) is 3.82. The first-order valence-corrected chi connectivity index (χ1v) is 11.8. The Bertz CT molecular complexity index is 1370. The lowest BCUT2D eigenvalue weighted by atomic mass is 10.0. The Kier molecular flexibility index (Phi) is 6.59. The average Bonchev–Trinajstić information content (AvgIpc) is 2.87. The highest BCUT2D eigenvalue weighted by Gasteiger charge is 2.20. The zero-order valence-corrected chi connectivity index (χ0v) is 20.2. The van der Waals surface area contributed by atoms with Gasteiger partial charge in [-0.05, 0) is 25.2 Å². The van der Waals surface area contributed by atoms with E-state index in [0.717, 1.165) is 42.7 Å². The number of nitrogens with one attached hydrogen (secondary N) is 1. The zero-order valence-electron chi connectivity index (χ0n) is 19.4. The number of anilines is 2. The number of aromatic nitrogens is 3. The molecule has 0 unspecified atom stereocenters. The topological polar surface area (TPSA) is 100 Å². The predicted molar refractivity (Wildman–Crippen MR) is 140 cm³/mol. The lowest BCUT2D eigenvalue weighted by Gasteiger charge is -2.31. The number of fused-ring (bicyclic) bond motifs is 1. The van der Waals surface area contributed by atoms with Crippen molar-refractivity contribution >= 4 is 40.0 Å². The summed E-state index contributed by atoms with van der Waals surface area (Å²) in [6.07, 6.45) is 1.71. The second kappa shape index (κ2) is 9.95. The molecule has 5 rings (SSSR count). The molecule has 0 spiro atoms. The summed E-state index contributed by atoms with van der Waals surface area (Å²) in [4.78, 5) is 31.0. The number of hydrogen-bond acceptors (Lipinski definition) is 7. The second-order valence-corrected chi connectivity index (χ2v) is 9.09. The van der Waals surface area contributed by atoms with Gasteiger partial charge in [0.15, 0.2) is 11.6 Å². The standard InChI is InChI=1S/C26H26ClN7O/c1-33-10-12-34(13-11-33)16-21(35)30-26-25(28)31-23(17-6-3-2-4-7-17)24(32-26)19-14-18-8-5-9-29-22(18)20(27)15-19/h2-9,14-15H,10-13,16H2,1H3,(H2,28,31)(H,30,32,35). The van der Waals surface area contributed by atoms with Gasteiger partial charge < -0.3 is 16.0 Å². The number of nitrogen functional groups attached to an aromatic ring is 1. The lowest BCUT2D eigenvalue weighted by Crippen LogP contribution is -2.47. The molecule has 4 aromatic rings. The Balaban J connectivity index is 1.53. The number of likely N-dealkylation sites (N-methyl/N-ethyl adjacent to an activating group) is 1. The molecule has 0 atom stereocenters. The molecule has 0 aliphatic carbocycles. The molecule has 2 aromatic carbocycles. The van der Waals surface area contributed by atoms with Gasteiger partial charge in [-0.1, -0.05) is 48.0 Å². The molecule has 3 N–H and O–H groups in total. The van der Waals surface area contributed by atoms with Crippen LogP contribution in [0.1, 0.15) is 0 Å². The van der Waals surface area contributed by atoms with Crippen LogP contribution in [0.5, 0.6) is 0 Å². The number of benzene rings is 2. The van der Waals surface area contributed by atoms with Gasteiger partial charge in [0.25, 0.3) is 0 Å². The van der Waals surface area contributed by atoms with Crippen LogP contribution in [0.15, 0.2) is 60.8 Å². The van der Waals surface area contributed by atoms with E-state index in [-0.39, 0.29) is 24.1 Å². The van der Waals surface area contributed by atoms with E-state index in [0.29, 0.717) is 21.9 Å². The Morgan fingerprint density at radius 3 is 2.51 bits per heavy atom. The first-order valence-electron chi connectivity index (χ1n) is 11.5. The van der Waals surface area contributed by atoms with Crippen molar-refractivity contribution in [3.63, 3.8) is 0 Å². The molecule has 178 valence electrons. The van der Waals surface area contributed by atoms with Crippen LogP contribution < -0.4 is 11.1 Å². The number of nitrogens with two attached hydrogens (primary N) is 1. The third kappa shape index (κ3) is 5.09. The van der Waals surface area contributed by atoms with Gasteiger partial charge >= 0.3 is 0 Å². The molecule has 35 heavy (non-hydrogen) atoms. The Labute approximate surface area is 208 Å². The molecule has 1 aliphatic heterocycles. The van der Waals surface area contributed by atoms with Gasteiger partial charge in [-0.15, -0.1) is 0 Å². The van der Waals surface area contributed by atoms with E-state index in [1.807, 2.05) is 54.6 Å². The van der Waals surface area contributed by atoms with Crippen LogP contribution in [0.2, 0.25) is 5.02 Å². The van der Waals surface area contributed by atoms with Crippen LogP contribution in [0, 0.1) is 0 Å². The largest absolute Gasteiger partial charge is 0.381 e. The van der Waals surface area contributed by atoms with E-state index in [9.17, 15) is 4.79 Å². The van der Waals surface area contributed by atoms with Crippen molar-refractivity contribution in [3.05, 3.63) is 65.8 Å².